The lowest BCUT2D eigenvalue weighted by Crippen LogP contribution is -2.32. The van der Waals surface area contributed by atoms with Gasteiger partial charge in [-0.1, -0.05) is 13.0 Å². The standard InChI is InChI=1S/C12H15F2N/c1-8-3-2-6-15-12(8)9-4-5-10(13)11(14)7-9/h4-5,7-8,12,15H,2-3,6H2,1H3. The van der Waals surface area contributed by atoms with Gasteiger partial charge in [0.1, 0.15) is 0 Å². The van der Waals surface area contributed by atoms with Crippen molar-refractivity contribution in [2.75, 3.05) is 6.54 Å². The molecule has 1 fully saturated rings. The lowest BCUT2D eigenvalue weighted by atomic mass is 9.88. The second-order valence-corrected chi connectivity index (χ2v) is 4.22. The maximum atomic E-state index is 13.1. The Morgan fingerprint density at radius 2 is 2.07 bits per heavy atom. The molecule has 3 heteroatoms. The first-order valence-corrected chi connectivity index (χ1v) is 5.37. The molecule has 1 aliphatic heterocycles. The Bertz CT molecular complexity index is 351. The molecule has 82 valence electrons. The zero-order valence-corrected chi connectivity index (χ0v) is 8.76. The van der Waals surface area contributed by atoms with Gasteiger partial charge in [0.05, 0.1) is 0 Å². The summed E-state index contributed by atoms with van der Waals surface area (Å²) in [6.07, 6.45) is 2.29. The van der Waals surface area contributed by atoms with Crippen molar-refractivity contribution in [2.24, 2.45) is 5.92 Å². The van der Waals surface area contributed by atoms with Crippen molar-refractivity contribution in [1.29, 1.82) is 0 Å². The zero-order valence-electron chi connectivity index (χ0n) is 8.76. The van der Waals surface area contributed by atoms with Gasteiger partial charge >= 0.3 is 0 Å². The minimum atomic E-state index is -0.776. The molecule has 1 heterocycles. The van der Waals surface area contributed by atoms with Crippen LogP contribution in [0.4, 0.5) is 8.78 Å². The van der Waals surface area contributed by atoms with Gasteiger partial charge in [-0.25, -0.2) is 8.78 Å². The highest BCUT2D eigenvalue weighted by Gasteiger charge is 2.22. The van der Waals surface area contributed by atoms with Crippen LogP contribution in [0.1, 0.15) is 31.4 Å². The van der Waals surface area contributed by atoms with Gasteiger partial charge in [-0.05, 0) is 43.0 Å². The van der Waals surface area contributed by atoms with E-state index in [2.05, 4.69) is 12.2 Å². The molecular formula is C12H15F2N. The van der Waals surface area contributed by atoms with E-state index in [9.17, 15) is 8.78 Å². The number of hydrogen-bond donors (Lipinski definition) is 1. The number of rotatable bonds is 1. The average Bonchev–Trinajstić information content (AvgIpc) is 2.23. The Labute approximate surface area is 88.5 Å². The molecule has 0 bridgehead atoms. The first-order chi connectivity index (χ1) is 7.18. The molecule has 2 atom stereocenters. The van der Waals surface area contributed by atoms with Crippen LogP contribution in [-0.4, -0.2) is 6.54 Å². The molecule has 1 nitrogen and oxygen atoms in total. The second-order valence-electron chi connectivity index (χ2n) is 4.22. The number of benzene rings is 1. The monoisotopic (exact) mass is 211 g/mol. The molecule has 1 aromatic carbocycles. The van der Waals surface area contributed by atoms with Crippen LogP contribution in [0.5, 0.6) is 0 Å². The molecule has 0 amide bonds. The molecule has 2 rings (SSSR count). The predicted octanol–water partition coefficient (Wildman–Crippen LogP) is 3.03. The average molecular weight is 211 g/mol. The third-order valence-electron chi connectivity index (χ3n) is 3.07. The normalized spacial score (nSPS) is 26.6. The molecule has 0 aliphatic carbocycles. The lowest BCUT2D eigenvalue weighted by molar-refractivity contribution is 0.304. The van der Waals surface area contributed by atoms with Crippen LogP contribution in [0.25, 0.3) is 0 Å². The van der Waals surface area contributed by atoms with Gasteiger partial charge in [0, 0.05) is 6.04 Å². The van der Waals surface area contributed by atoms with Gasteiger partial charge in [-0.3, -0.25) is 0 Å². The fourth-order valence-corrected chi connectivity index (χ4v) is 2.20. The summed E-state index contributed by atoms with van der Waals surface area (Å²) in [5.41, 5.74) is 0.848. The van der Waals surface area contributed by atoms with Crippen LogP contribution in [0.15, 0.2) is 18.2 Å². The van der Waals surface area contributed by atoms with E-state index < -0.39 is 11.6 Å². The fraction of sp³-hybridized carbons (Fsp3) is 0.500. The Hall–Kier alpha value is -0.960. The quantitative estimate of drug-likeness (QED) is 0.753. The maximum Gasteiger partial charge on any atom is 0.159 e. The highest BCUT2D eigenvalue weighted by Crippen LogP contribution is 2.29. The molecule has 1 saturated heterocycles. The summed E-state index contributed by atoms with van der Waals surface area (Å²) in [5, 5.41) is 3.34. The third-order valence-corrected chi connectivity index (χ3v) is 3.07. The Morgan fingerprint density at radius 1 is 1.27 bits per heavy atom. The van der Waals surface area contributed by atoms with Gasteiger partial charge < -0.3 is 5.32 Å². The number of halogens is 2. The SMILES string of the molecule is CC1CCCNC1c1ccc(F)c(F)c1. The topological polar surface area (TPSA) is 12.0 Å². The Balaban J connectivity index is 2.24. The smallest absolute Gasteiger partial charge is 0.159 e. The van der Waals surface area contributed by atoms with Crippen LogP contribution >= 0.6 is 0 Å². The molecule has 0 radical (unpaired) electrons. The fourth-order valence-electron chi connectivity index (χ4n) is 2.20. The molecule has 1 N–H and O–H groups in total. The van der Waals surface area contributed by atoms with Gasteiger partial charge in [-0.2, -0.15) is 0 Å². The molecule has 2 unspecified atom stereocenters. The van der Waals surface area contributed by atoms with Crippen molar-refractivity contribution in [3.05, 3.63) is 35.4 Å². The van der Waals surface area contributed by atoms with E-state index in [4.69, 9.17) is 0 Å². The minimum Gasteiger partial charge on any atom is -0.310 e. The van der Waals surface area contributed by atoms with Crippen LogP contribution in [-0.2, 0) is 0 Å². The second kappa shape index (κ2) is 4.27. The number of piperidine rings is 1. The van der Waals surface area contributed by atoms with Crippen molar-refractivity contribution in [3.63, 3.8) is 0 Å². The van der Waals surface area contributed by atoms with E-state index in [1.165, 1.54) is 12.1 Å². The van der Waals surface area contributed by atoms with Crippen LogP contribution < -0.4 is 5.32 Å². The molecule has 1 aromatic rings. The molecule has 1 aliphatic rings. The minimum absolute atomic E-state index is 0.161. The highest BCUT2D eigenvalue weighted by molar-refractivity contribution is 5.22. The number of nitrogens with one attached hydrogen (secondary N) is 1. The third kappa shape index (κ3) is 2.17. The van der Waals surface area contributed by atoms with Crippen molar-refractivity contribution in [1.82, 2.24) is 5.32 Å². The van der Waals surface area contributed by atoms with Crippen molar-refractivity contribution in [2.45, 2.75) is 25.8 Å². The van der Waals surface area contributed by atoms with Crippen molar-refractivity contribution >= 4 is 0 Å². The van der Waals surface area contributed by atoms with Crippen molar-refractivity contribution in [3.8, 4) is 0 Å². The van der Waals surface area contributed by atoms with Crippen molar-refractivity contribution < 1.29 is 8.78 Å². The van der Waals surface area contributed by atoms with Crippen LogP contribution in [0, 0.1) is 17.6 Å². The first kappa shape index (κ1) is 10.6. The zero-order chi connectivity index (χ0) is 10.8. The molecule has 0 aromatic heterocycles. The van der Waals surface area contributed by atoms with Gasteiger partial charge in [-0.15, -0.1) is 0 Å². The van der Waals surface area contributed by atoms with E-state index in [1.807, 2.05) is 0 Å². The lowest BCUT2D eigenvalue weighted by Gasteiger charge is -2.30. The number of hydrogen-bond acceptors (Lipinski definition) is 1. The largest absolute Gasteiger partial charge is 0.310 e. The summed E-state index contributed by atoms with van der Waals surface area (Å²) in [7, 11) is 0. The summed E-state index contributed by atoms with van der Waals surface area (Å²) in [6, 6.07) is 4.33. The van der Waals surface area contributed by atoms with Gasteiger partial charge in [0.15, 0.2) is 11.6 Å². The summed E-state index contributed by atoms with van der Waals surface area (Å²) >= 11 is 0. The first-order valence-electron chi connectivity index (χ1n) is 5.37. The Morgan fingerprint density at radius 3 is 2.73 bits per heavy atom. The van der Waals surface area contributed by atoms with E-state index in [1.54, 1.807) is 6.07 Å². The van der Waals surface area contributed by atoms with E-state index in [-0.39, 0.29) is 6.04 Å². The maximum absolute atomic E-state index is 13.1. The van der Waals surface area contributed by atoms with E-state index >= 15 is 0 Å². The van der Waals surface area contributed by atoms with E-state index in [0.29, 0.717) is 5.92 Å². The summed E-state index contributed by atoms with van der Waals surface area (Å²) in [4.78, 5) is 0. The predicted molar refractivity (Wildman–Crippen MR) is 55.5 cm³/mol. The molecule has 15 heavy (non-hydrogen) atoms. The molecular weight excluding hydrogens is 196 g/mol. The summed E-state index contributed by atoms with van der Waals surface area (Å²) in [5.74, 6) is -1.06. The van der Waals surface area contributed by atoms with E-state index in [0.717, 1.165) is 24.9 Å². The summed E-state index contributed by atoms with van der Waals surface area (Å²) < 4.78 is 25.8. The Kier molecular flexibility index (Phi) is 3.00. The van der Waals surface area contributed by atoms with Crippen LogP contribution in [0.3, 0.4) is 0 Å². The highest BCUT2D eigenvalue weighted by atomic mass is 19.2. The molecule has 0 saturated carbocycles. The van der Waals surface area contributed by atoms with Gasteiger partial charge in [0.2, 0.25) is 0 Å². The summed E-state index contributed by atoms with van der Waals surface area (Å²) in [6.45, 7) is 3.09. The molecule has 0 spiro atoms. The van der Waals surface area contributed by atoms with Gasteiger partial charge in [0.25, 0.3) is 0 Å². The van der Waals surface area contributed by atoms with Crippen LogP contribution in [0.2, 0.25) is 0 Å².